The van der Waals surface area contributed by atoms with Crippen LogP contribution in [0.25, 0.3) is 0 Å². The van der Waals surface area contributed by atoms with Crippen molar-refractivity contribution in [2.45, 2.75) is 38.3 Å². The van der Waals surface area contributed by atoms with E-state index in [1.54, 1.807) is 18.2 Å². The van der Waals surface area contributed by atoms with Crippen LogP contribution in [0.4, 0.5) is 5.69 Å². The van der Waals surface area contributed by atoms with Crippen molar-refractivity contribution in [2.24, 2.45) is 5.10 Å². The van der Waals surface area contributed by atoms with Crippen LogP contribution in [-0.2, 0) is 4.79 Å². The fraction of sp³-hybridized carbons (Fsp3) is 0.391. The molecule has 0 saturated heterocycles. The molecule has 3 rings (SSSR count). The van der Waals surface area contributed by atoms with Gasteiger partial charge in [-0.2, -0.15) is 5.10 Å². The maximum Gasteiger partial charge on any atom is 0.240 e. The molecule has 32 heavy (non-hydrogen) atoms. The second-order valence-electron chi connectivity index (χ2n) is 8.31. The van der Waals surface area contributed by atoms with Crippen LogP contribution in [0.2, 0.25) is 10.0 Å². The Morgan fingerprint density at radius 2 is 1.94 bits per heavy atom. The number of amides is 1. The number of halogens is 2. The lowest BCUT2D eigenvalue weighted by molar-refractivity contribution is -0.121. The molecular weight excluding hydrogens is 451 g/mol. The minimum absolute atomic E-state index is 0.0493. The summed E-state index contributed by atoms with van der Waals surface area (Å²) in [4.78, 5) is 11.2. The molecule has 0 aliphatic carbocycles. The molecule has 172 valence electrons. The van der Waals surface area contributed by atoms with Crippen molar-refractivity contribution >= 4 is 40.5 Å². The summed E-state index contributed by atoms with van der Waals surface area (Å²) in [5.41, 5.74) is 5.10. The highest BCUT2D eigenvalue weighted by Gasteiger charge is 2.19. The number of anilines is 1. The molecule has 0 fully saturated rings. The third-order valence-electron chi connectivity index (χ3n) is 5.02. The van der Waals surface area contributed by atoms with Crippen molar-refractivity contribution < 1.29 is 14.6 Å². The lowest BCUT2D eigenvalue weighted by Crippen LogP contribution is -2.49. The summed E-state index contributed by atoms with van der Waals surface area (Å²) < 4.78 is 5.59. The highest BCUT2D eigenvalue weighted by molar-refractivity contribution is 6.42. The molecule has 0 bridgehead atoms. The number of nitrogens with one attached hydrogen (secondary N) is 3. The van der Waals surface area contributed by atoms with Crippen LogP contribution in [0.5, 0.6) is 5.75 Å². The average molecular weight is 479 g/mol. The van der Waals surface area contributed by atoms with E-state index in [9.17, 15) is 9.90 Å². The average Bonchev–Trinajstić information content (AvgIpc) is 2.78. The Morgan fingerprint density at radius 1 is 1.19 bits per heavy atom. The van der Waals surface area contributed by atoms with Crippen molar-refractivity contribution in [3.63, 3.8) is 0 Å². The van der Waals surface area contributed by atoms with Gasteiger partial charge in [0.1, 0.15) is 23.5 Å². The second kappa shape index (κ2) is 11.0. The predicted octanol–water partition coefficient (Wildman–Crippen LogP) is 3.83. The van der Waals surface area contributed by atoms with Crippen molar-refractivity contribution in [1.82, 2.24) is 10.7 Å². The molecule has 4 N–H and O–H groups in total. The number of hydrogen-bond donors (Lipinski definition) is 4. The first kappa shape index (κ1) is 24.3. The maximum atomic E-state index is 11.2. The van der Waals surface area contributed by atoms with Crippen LogP contribution >= 0.6 is 23.2 Å². The summed E-state index contributed by atoms with van der Waals surface area (Å²) in [6.45, 7) is 5.21. The minimum Gasteiger partial charge on any atom is -0.489 e. The molecule has 1 aliphatic heterocycles. The molecule has 1 amide bonds. The van der Waals surface area contributed by atoms with Gasteiger partial charge in [0, 0.05) is 37.2 Å². The number of ether oxygens (including phenoxy) is 1. The van der Waals surface area contributed by atoms with E-state index >= 15 is 0 Å². The van der Waals surface area contributed by atoms with Crippen molar-refractivity contribution in [3.8, 4) is 5.75 Å². The Balaban J connectivity index is 1.42. The number of hydrogen-bond acceptors (Lipinski definition) is 6. The van der Waals surface area contributed by atoms with Gasteiger partial charge in [-0.25, -0.2) is 5.43 Å². The maximum absolute atomic E-state index is 11.2. The van der Waals surface area contributed by atoms with Gasteiger partial charge in [0.05, 0.1) is 10.7 Å². The van der Waals surface area contributed by atoms with E-state index in [2.05, 4.69) is 35.0 Å². The normalized spacial score (nSPS) is 15.0. The highest BCUT2D eigenvalue weighted by atomic mass is 35.5. The summed E-state index contributed by atoms with van der Waals surface area (Å²) >= 11 is 12.1. The van der Waals surface area contributed by atoms with Gasteiger partial charge in [-0.05, 0) is 43.7 Å². The zero-order valence-electron chi connectivity index (χ0n) is 18.1. The molecule has 2 aromatic rings. The van der Waals surface area contributed by atoms with Crippen LogP contribution in [0.1, 0.15) is 32.3 Å². The van der Waals surface area contributed by atoms with E-state index in [1.165, 1.54) is 0 Å². The summed E-state index contributed by atoms with van der Waals surface area (Å²) in [5.74, 6) is 0.399. The van der Waals surface area contributed by atoms with Gasteiger partial charge in [0.2, 0.25) is 5.91 Å². The first-order valence-corrected chi connectivity index (χ1v) is 11.2. The summed E-state index contributed by atoms with van der Waals surface area (Å²) in [7, 11) is 0. The fourth-order valence-electron chi connectivity index (χ4n) is 3.08. The standard InChI is InChI=1S/C23H28Cl2N4O3/c1-23(2,27-12-17(30)13-32-20-5-3-4-18(24)22(20)25)14-26-16-8-6-15(7-9-16)19-10-11-21(31)29-28-19/h3-9,17,26-27,30H,10-14H2,1-2H3,(H,29,31)/t17-/m0/s1. The molecule has 7 nitrogen and oxygen atoms in total. The van der Waals surface area contributed by atoms with Gasteiger partial charge in [0.25, 0.3) is 0 Å². The third-order valence-corrected chi connectivity index (χ3v) is 5.82. The molecule has 9 heteroatoms. The van der Waals surface area contributed by atoms with E-state index in [0.29, 0.717) is 41.7 Å². The van der Waals surface area contributed by atoms with Crippen LogP contribution < -0.4 is 20.8 Å². The topological polar surface area (TPSA) is 95.0 Å². The zero-order valence-corrected chi connectivity index (χ0v) is 19.6. The minimum atomic E-state index is -0.708. The Kier molecular flexibility index (Phi) is 8.37. The second-order valence-corrected chi connectivity index (χ2v) is 9.09. The molecule has 0 radical (unpaired) electrons. The lowest BCUT2D eigenvalue weighted by Gasteiger charge is -2.28. The van der Waals surface area contributed by atoms with Gasteiger partial charge in [-0.3, -0.25) is 4.79 Å². The van der Waals surface area contributed by atoms with Gasteiger partial charge in [0.15, 0.2) is 0 Å². The first-order chi connectivity index (χ1) is 15.2. The number of aliphatic hydroxyl groups is 1. The fourth-order valence-corrected chi connectivity index (χ4v) is 3.43. The predicted molar refractivity (Wildman–Crippen MR) is 129 cm³/mol. The summed E-state index contributed by atoms with van der Waals surface area (Å²) in [5, 5.41) is 21.9. The third kappa shape index (κ3) is 7.10. The van der Waals surface area contributed by atoms with E-state index in [0.717, 1.165) is 17.0 Å². The van der Waals surface area contributed by atoms with Gasteiger partial charge >= 0.3 is 0 Å². The number of hydrazone groups is 1. The highest BCUT2D eigenvalue weighted by Crippen LogP contribution is 2.31. The lowest BCUT2D eigenvalue weighted by atomic mass is 10.0. The molecule has 2 aromatic carbocycles. The molecule has 1 atom stereocenters. The molecule has 0 aromatic heterocycles. The number of benzene rings is 2. The van der Waals surface area contributed by atoms with E-state index < -0.39 is 6.10 Å². The van der Waals surface area contributed by atoms with Gasteiger partial charge in [-0.1, -0.05) is 41.4 Å². The van der Waals surface area contributed by atoms with Crippen LogP contribution in [0, 0.1) is 0 Å². The Morgan fingerprint density at radius 3 is 2.62 bits per heavy atom. The van der Waals surface area contributed by atoms with Crippen molar-refractivity contribution in [2.75, 3.05) is 25.0 Å². The smallest absolute Gasteiger partial charge is 0.240 e. The monoisotopic (exact) mass is 478 g/mol. The molecule has 0 saturated carbocycles. The SMILES string of the molecule is CC(C)(CNc1ccc(C2=NNC(=O)CC2)cc1)NC[C@H](O)COc1cccc(Cl)c1Cl. The van der Waals surface area contributed by atoms with Crippen molar-refractivity contribution in [1.29, 1.82) is 0 Å². The van der Waals surface area contributed by atoms with Gasteiger partial charge in [-0.15, -0.1) is 0 Å². The van der Waals surface area contributed by atoms with Crippen LogP contribution in [-0.4, -0.2) is 48.1 Å². The van der Waals surface area contributed by atoms with Crippen LogP contribution in [0.3, 0.4) is 0 Å². The summed E-state index contributed by atoms with van der Waals surface area (Å²) in [6, 6.07) is 13.1. The largest absolute Gasteiger partial charge is 0.489 e. The number of nitrogens with zero attached hydrogens (tertiary/aromatic N) is 1. The van der Waals surface area contributed by atoms with E-state index in [-0.39, 0.29) is 18.1 Å². The number of aliphatic hydroxyl groups excluding tert-OH is 1. The molecule has 0 spiro atoms. The molecule has 1 aliphatic rings. The van der Waals surface area contributed by atoms with Gasteiger partial charge < -0.3 is 20.5 Å². The first-order valence-electron chi connectivity index (χ1n) is 10.4. The van der Waals surface area contributed by atoms with Crippen LogP contribution in [0.15, 0.2) is 47.6 Å². The quantitative estimate of drug-likeness (QED) is 0.416. The number of β-amino-alcohol motifs (C(OH)–C–C–N with tert-alkyl or cyclic N) is 1. The van der Waals surface area contributed by atoms with E-state index in [4.69, 9.17) is 27.9 Å². The number of rotatable bonds is 10. The van der Waals surface area contributed by atoms with E-state index in [1.807, 2.05) is 24.3 Å². The molecule has 0 unspecified atom stereocenters. The zero-order chi connectivity index (χ0) is 23.1. The Bertz CT molecular complexity index is 964. The number of carbonyl (C=O) groups is 1. The molecular formula is C23H28Cl2N4O3. The Labute approximate surface area is 198 Å². The Hall–Kier alpha value is -2.32. The summed E-state index contributed by atoms with van der Waals surface area (Å²) in [6.07, 6.45) is 0.396. The van der Waals surface area contributed by atoms with Crippen molar-refractivity contribution in [3.05, 3.63) is 58.1 Å². The molecule has 1 heterocycles. The number of carbonyl (C=O) groups excluding carboxylic acids is 1.